The van der Waals surface area contributed by atoms with E-state index in [4.69, 9.17) is 0 Å². The van der Waals surface area contributed by atoms with Crippen LogP contribution >= 0.6 is 0 Å². The summed E-state index contributed by atoms with van der Waals surface area (Å²) < 4.78 is 0. The molecule has 0 spiro atoms. The molecular formula is C14H17NO2. The number of benzene rings is 1. The van der Waals surface area contributed by atoms with Gasteiger partial charge in [-0.2, -0.15) is 0 Å². The molecule has 3 nitrogen and oxygen atoms in total. The molecule has 0 heterocycles. The normalized spacial score (nSPS) is 24.8. The van der Waals surface area contributed by atoms with Gasteiger partial charge in [-0.3, -0.25) is 10.1 Å². The molecule has 0 bridgehead atoms. The molecule has 0 aliphatic heterocycles. The molecule has 3 heteroatoms. The van der Waals surface area contributed by atoms with Gasteiger partial charge in [0.1, 0.15) is 0 Å². The molecule has 0 fully saturated rings. The highest BCUT2D eigenvalue weighted by Gasteiger charge is 2.36. The van der Waals surface area contributed by atoms with E-state index in [0.717, 1.165) is 12.0 Å². The van der Waals surface area contributed by atoms with Crippen molar-refractivity contribution in [1.29, 1.82) is 0 Å². The highest BCUT2D eigenvalue weighted by molar-refractivity contribution is 5.28. The fraction of sp³-hybridized carbons (Fsp3) is 0.429. The summed E-state index contributed by atoms with van der Waals surface area (Å²) in [5, 5.41) is 11.2. The molecule has 2 unspecified atom stereocenters. The fourth-order valence-electron chi connectivity index (χ4n) is 2.53. The molecule has 2 rings (SSSR count). The Bertz CT molecular complexity index is 451. The summed E-state index contributed by atoms with van der Waals surface area (Å²) in [6, 6.07) is 9.37. The van der Waals surface area contributed by atoms with Crippen molar-refractivity contribution in [2.24, 2.45) is 0 Å². The number of rotatable bonds is 2. The Kier molecular flexibility index (Phi) is 3.27. The summed E-state index contributed by atoms with van der Waals surface area (Å²) in [7, 11) is 0. The van der Waals surface area contributed by atoms with E-state index in [9.17, 15) is 10.1 Å². The van der Waals surface area contributed by atoms with Crippen LogP contribution in [0.15, 0.2) is 41.5 Å². The summed E-state index contributed by atoms with van der Waals surface area (Å²) in [5.41, 5.74) is 3.57. The van der Waals surface area contributed by atoms with Crippen molar-refractivity contribution in [1.82, 2.24) is 0 Å². The lowest BCUT2D eigenvalue weighted by Crippen LogP contribution is -2.31. The first-order valence-electron chi connectivity index (χ1n) is 5.93. The lowest BCUT2D eigenvalue weighted by molar-refractivity contribution is -0.527. The zero-order chi connectivity index (χ0) is 12.4. The predicted octanol–water partition coefficient (Wildman–Crippen LogP) is 3.55. The maximum absolute atomic E-state index is 11.2. The van der Waals surface area contributed by atoms with Gasteiger partial charge in [-0.25, -0.2) is 0 Å². The minimum atomic E-state index is -0.471. The van der Waals surface area contributed by atoms with Crippen LogP contribution in [0.2, 0.25) is 0 Å². The summed E-state index contributed by atoms with van der Waals surface area (Å²) in [6.07, 6.45) is 1.39. The standard InChI is InChI=1S/C14H17NO2/c1-10-8-13(12-6-4-3-5-7-12)14(15(16)17)9-11(10)2/h3-7,13-14H,8-9H2,1-2H3. The molecule has 1 aromatic carbocycles. The molecule has 1 aromatic rings. The second kappa shape index (κ2) is 4.70. The van der Waals surface area contributed by atoms with Gasteiger partial charge < -0.3 is 0 Å². The van der Waals surface area contributed by atoms with E-state index in [0.29, 0.717) is 6.42 Å². The maximum atomic E-state index is 11.2. The van der Waals surface area contributed by atoms with Gasteiger partial charge in [0.25, 0.3) is 0 Å². The molecule has 0 saturated heterocycles. The van der Waals surface area contributed by atoms with E-state index in [1.165, 1.54) is 11.1 Å². The number of nitro groups is 1. The smallest absolute Gasteiger partial charge is 0.223 e. The lowest BCUT2D eigenvalue weighted by atomic mass is 9.78. The van der Waals surface area contributed by atoms with Gasteiger partial charge in [0.05, 0.1) is 5.92 Å². The quantitative estimate of drug-likeness (QED) is 0.444. The van der Waals surface area contributed by atoms with E-state index in [-0.39, 0.29) is 10.8 Å². The molecule has 1 aliphatic rings. The lowest BCUT2D eigenvalue weighted by Gasteiger charge is -2.27. The second-order valence-electron chi connectivity index (χ2n) is 4.84. The highest BCUT2D eigenvalue weighted by Crippen LogP contribution is 2.37. The minimum absolute atomic E-state index is 0.0231. The summed E-state index contributed by atoms with van der Waals surface area (Å²) in [4.78, 5) is 11.1. The van der Waals surface area contributed by atoms with E-state index in [1.54, 1.807) is 0 Å². The van der Waals surface area contributed by atoms with Crippen LogP contribution in [0.25, 0.3) is 0 Å². The van der Waals surface area contributed by atoms with Gasteiger partial charge in [0.2, 0.25) is 6.04 Å². The van der Waals surface area contributed by atoms with Crippen molar-refractivity contribution in [3.8, 4) is 0 Å². The Labute approximate surface area is 101 Å². The third-order valence-corrected chi connectivity index (χ3v) is 3.73. The van der Waals surface area contributed by atoms with Crippen LogP contribution in [0, 0.1) is 10.1 Å². The largest absolute Gasteiger partial charge is 0.264 e. The van der Waals surface area contributed by atoms with Crippen LogP contribution in [0.1, 0.15) is 38.2 Å². The molecule has 0 radical (unpaired) electrons. The molecule has 0 saturated carbocycles. The predicted molar refractivity (Wildman–Crippen MR) is 67.6 cm³/mol. The summed E-state index contributed by atoms with van der Waals surface area (Å²) in [6.45, 7) is 4.09. The average Bonchev–Trinajstić information content (AvgIpc) is 2.33. The van der Waals surface area contributed by atoms with Crippen molar-refractivity contribution < 1.29 is 4.92 Å². The molecule has 0 aromatic heterocycles. The molecule has 0 amide bonds. The van der Waals surface area contributed by atoms with Crippen molar-refractivity contribution >= 4 is 0 Å². The summed E-state index contributed by atoms with van der Waals surface area (Å²) >= 11 is 0. The Morgan fingerprint density at radius 3 is 2.29 bits per heavy atom. The van der Waals surface area contributed by atoms with Crippen LogP contribution in [-0.2, 0) is 0 Å². The molecule has 17 heavy (non-hydrogen) atoms. The van der Waals surface area contributed by atoms with Gasteiger partial charge >= 0.3 is 0 Å². The van der Waals surface area contributed by atoms with Crippen LogP contribution in [-0.4, -0.2) is 11.0 Å². The molecule has 1 aliphatic carbocycles. The maximum Gasteiger partial charge on any atom is 0.223 e. The number of allylic oxidation sites excluding steroid dienone is 1. The SMILES string of the molecule is CC1=C(C)CC([N+](=O)[O-])C(c2ccccc2)C1. The third kappa shape index (κ3) is 2.38. The number of hydrogen-bond donors (Lipinski definition) is 0. The Hall–Kier alpha value is -1.64. The Morgan fingerprint density at radius 1 is 1.12 bits per heavy atom. The third-order valence-electron chi connectivity index (χ3n) is 3.73. The van der Waals surface area contributed by atoms with Crippen molar-refractivity contribution in [3.05, 3.63) is 57.2 Å². The monoisotopic (exact) mass is 231 g/mol. The number of nitrogens with zero attached hydrogens (tertiary/aromatic N) is 1. The van der Waals surface area contributed by atoms with E-state index in [1.807, 2.05) is 37.3 Å². The summed E-state index contributed by atoms with van der Waals surface area (Å²) in [5.74, 6) is 0.0231. The van der Waals surface area contributed by atoms with Crippen molar-refractivity contribution in [2.45, 2.75) is 38.6 Å². The van der Waals surface area contributed by atoms with Gasteiger partial charge in [-0.15, -0.1) is 0 Å². The zero-order valence-corrected chi connectivity index (χ0v) is 10.2. The van der Waals surface area contributed by atoms with Crippen molar-refractivity contribution in [2.75, 3.05) is 0 Å². The minimum Gasteiger partial charge on any atom is -0.264 e. The molecule has 2 atom stereocenters. The Morgan fingerprint density at radius 2 is 1.71 bits per heavy atom. The second-order valence-corrected chi connectivity index (χ2v) is 4.84. The molecule has 90 valence electrons. The number of hydrogen-bond acceptors (Lipinski definition) is 2. The van der Waals surface area contributed by atoms with Crippen LogP contribution < -0.4 is 0 Å². The topological polar surface area (TPSA) is 43.1 Å². The van der Waals surface area contributed by atoms with Gasteiger partial charge in [0.15, 0.2) is 0 Å². The van der Waals surface area contributed by atoms with Crippen molar-refractivity contribution in [3.63, 3.8) is 0 Å². The van der Waals surface area contributed by atoms with Crippen LogP contribution in [0.4, 0.5) is 0 Å². The first-order chi connectivity index (χ1) is 8.09. The Balaban J connectivity index is 2.35. The van der Waals surface area contributed by atoms with Crippen LogP contribution in [0.3, 0.4) is 0 Å². The first kappa shape index (κ1) is 11.8. The van der Waals surface area contributed by atoms with E-state index < -0.39 is 6.04 Å². The highest BCUT2D eigenvalue weighted by atomic mass is 16.6. The van der Waals surface area contributed by atoms with E-state index >= 15 is 0 Å². The van der Waals surface area contributed by atoms with Gasteiger partial charge in [0, 0.05) is 11.3 Å². The van der Waals surface area contributed by atoms with E-state index in [2.05, 4.69) is 6.92 Å². The van der Waals surface area contributed by atoms with Crippen LogP contribution in [0.5, 0.6) is 0 Å². The zero-order valence-electron chi connectivity index (χ0n) is 10.2. The average molecular weight is 231 g/mol. The molecular weight excluding hydrogens is 214 g/mol. The van der Waals surface area contributed by atoms with Gasteiger partial charge in [-0.05, 0) is 25.8 Å². The fourth-order valence-corrected chi connectivity index (χ4v) is 2.53. The van der Waals surface area contributed by atoms with Gasteiger partial charge in [-0.1, -0.05) is 41.5 Å². The first-order valence-corrected chi connectivity index (χ1v) is 5.93. The molecule has 0 N–H and O–H groups in total.